The molecule has 21 heavy (non-hydrogen) atoms. The van der Waals surface area contributed by atoms with Crippen LogP contribution in [0.2, 0.25) is 0 Å². The fourth-order valence-corrected chi connectivity index (χ4v) is 2.75. The van der Waals surface area contributed by atoms with Crippen LogP contribution in [0.1, 0.15) is 26.2 Å². The molecule has 1 unspecified atom stereocenters. The predicted molar refractivity (Wildman–Crippen MR) is 87.8 cm³/mol. The number of aryl methyl sites for hydroxylation is 1. The maximum atomic E-state index is 12.0. The van der Waals surface area contributed by atoms with Crippen molar-refractivity contribution in [1.29, 1.82) is 0 Å². The lowest BCUT2D eigenvalue weighted by atomic mass is 10.00. The molecular formula is C17H24N2O2. The van der Waals surface area contributed by atoms with Gasteiger partial charge in [0.15, 0.2) is 0 Å². The van der Waals surface area contributed by atoms with Crippen molar-refractivity contribution in [2.75, 3.05) is 18.5 Å². The smallest absolute Gasteiger partial charge is 0.252 e. The summed E-state index contributed by atoms with van der Waals surface area (Å²) in [5.41, 5.74) is 1.81. The van der Waals surface area contributed by atoms with Gasteiger partial charge in [0, 0.05) is 37.3 Å². The monoisotopic (exact) mass is 288 g/mol. The highest BCUT2D eigenvalue weighted by Gasteiger charge is 2.10. The Hall–Kier alpha value is -1.81. The van der Waals surface area contributed by atoms with Gasteiger partial charge in [-0.2, -0.15) is 0 Å². The number of pyridine rings is 1. The number of para-hydroxylation sites is 1. The molecular weight excluding hydrogens is 264 g/mol. The van der Waals surface area contributed by atoms with Gasteiger partial charge in [-0.05, 0) is 24.8 Å². The molecule has 0 spiro atoms. The maximum absolute atomic E-state index is 12.0. The van der Waals surface area contributed by atoms with E-state index < -0.39 is 0 Å². The number of benzene rings is 1. The molecule has 0 amide bonds. The van der Waals surface area contributed by atoms with Crippen LogP contribution in [-0.4, -0.2) is 22.8 Å². The number of aliphatic hydroxyl groups is 1. The Kier molecular flexibility index (Phi) is 5.39. The number of hydrogen-bond acceptors (Lipinski definition) is 3. The first-order chi connectivity index (χ1) is 10.2. The van der Waals surface area contributed by atoms with Gasteiger partial charge in [0.1, 0.15) is 0 Å². The van der Waals surface area contributed by atoms with Crippen molar-refractivity contribution in [2.24, 2.45) is 13.0 Å². The molecule has 4 nitrogen and oxygen atoms in total. The van der Waals surface area contributed by atoms with Crippen molar-refractivity contribution >= 4 is 16.6 Å². The van der Waals surface area contributed by atoms with Gasteiger partial charge in [0.05, 0.1) is 5.52 Å². The number of hydrogen-bond donors (Lipinski definition) is 2. The Morgan fingerprint density at radius 2 is 2.05 bits per heavy atom. The quantitative estimate of drug-likeness (QED) is 0.823. The summed E-state index contributed by atoms with van der Waals surface area (Å²) in [5.74, 6) is 0.433. The van der Waals surface area contributed by atoms with Crippen molar-refractivity contribution in [3.8, 4) is 0 Å². The van der Waals surface area contributed by atoms with E-state index in [4.69, 9.17) is 5.11 Å². The molecule has 0 saturated heterocycles. The zero-order valence-electron chi connectivity index (χ0n) is 12.8. The van der Waals surface area contributed by atoms with Crippen LogP contribution in [0.4, 0.5) is 5.69 Å². The average molecular weight is 288 g/mol. The highest BCUT2D eigenvalue weighted by molar-refractivity contribution is 5.91. The van der Waals surface area contributed by atoms with Crippen molar-refractivity contribution in [3.63, 3.8) is 0 Å². The standard InChI is InChI=1S/C17H24N2O2/c1-3-6-13(9-10-20)12-18-15-11-17(21)19(2)16-8-5-4-7-14(15)16/h4-5,7-8,11,13,18,20H,3,6,9-10,12H2,1-2H3. The number of anilines is 1. The van der Waals surface area contributed by atoms with Crippen LogP contribution in [0.25, 0.3) is 10.9 Å². The van der Waals surface area contributed by atoms with E-state index >= 15 is 0 Å². The highest BCUT2D eigenvalue weighted by Crippen LogP contribution is 2.22. The summed E-state index contributed by atoms with van der Waals surface area (Å²) in [7, 11) is 1.79. The fraction of sp³-hybridized carbons (Fsp3) is 0.471. The lowest BCUT2D eigenvalue weighted by molar-refractivity contribution is 0.255. The fourth-order valence-electron chi connectivity index (χ4n) is 2.75. The average Bonchev–Trinajstić information content (AvgIpc) is 2.50. The number of aliphatic hydroxyl groups excluding tert-OH is 1. The van der Waals surface area contributed by atoms with E-state index in [9.17, 15) is 4.79 Å². The SMILES string of the molecule is CCCC(CCO)CNc1cc(=O)n(C)c2ccccc12. The summed E-state index contributed by atoms with van der Waals surface area (Å²) in [6.45, 7) is 3.15. The largest absolute Gasteiger partial charge is 0.396 e. The van der Waals surface area contributed by atoms with Gasteiger partial charge in [-0.15, -0.1) is 0 Å². The van der Waals surface area contributed by atoms with Gasteiger partial charge >= 0.3 is 0 Å². The minimum absolute atomic E-state index is 0.00889. The van der Waals surface area contributed by atoms with E-state index in [0.717, 1.165) is 42.4 Å². The molecule has 0 bridgehead atoms. The Balaban J connectivity index is 2.26. The van der Waals surface area contributed by atoms with E-state index in [2.05, 4.69) is 12.2 Å². The molecule has 0 aliphatic carbocycles. The predicted octanol–water partition coefficient (Wildman–Crippen LogP) is 2.75. The number of rotatable bonds is 7. The molecule has 1 heterocycles. The van der Waals surface area contributed by atoms with Crippen LogP contribution in [0.15, 0.2) is 35.1 Å². The first-order valence-corrected chi connectivity index (χ1v) is 7.60. The van der Waals surface area contributed by atoms with Crippen molar-refractivity contribution in [1.82, 2.24) is 4.57 Å². The molecule has 0 aliphatic heterocycles. The van der Waals surface area contributed by atoms with Gasteiger partial charge in [-0.3, -0.25) is 4.79 Å². The summed E-state index contributed by atoms with van der Waals surface area (Å²) in [4.78, 5) is 12.0. The summed E-state index contributed by atoms with van der Waals surface area (Å²) < 4.78 is 1.66. The molecule has 0 fully saturated rings. The first kappa shape index (κ1) is 15.6. The molecule has 0 saturated carbocycles. The van der Waals surface area contributed by atoms with Crippen molar-refractivity contribution in [3.05, 3.63) is 40.7 Å². The van der Waals surface area contributed by atoms with E-state index in [0.29, 0.717) is 5.92 Å². The number of fused-ring (bicyclic) bond motifs is 1. The van der Waals surface area contributed by atoms with Crippen LogP contribution in [-0.2, 0) is 7.05 Å². The van der Waals surface area contributed by atoms with Crippen molar-refractivity contribution < 1.29 is 5.11 Å². The summed E-state index contributed by atoms with van der Waals surface area (Å²) in [6.07, 6.45) is 2.98. The van der Waals surface area contributed by atoms with E-state index in [1.807, 2.05) is 24.3 Å². The topological polar surface area (TPSA) is 54.3 Å². The summed E-state index contributed by atoms with van der Waals surface area (Å²) in [5, 5.41) is 13.6. The molecule has 0 radical (unpaired) electrons. The third-order valence-electron chi connectivity index (χ3n) is 3.97. The minimum atomic E-state index is -0.00889. The van der Waals surface area contributed by atoms with Crippen LogP contribution in [0.5, 0.6) is 0 Å². The summed E-state index contributed by atoms with van der Waals surface area (Å²) >= 11 is 0. The number of nitrogens with one attached hydrogen (secondary N) is 1. The zero-order valence-corrected chi connectivity index (χ0v) is 12.8. The molecule has 1 aromatic carbocycles. The molecule has 2 aromatic rings. The van der Waals surface area contributed by atoms with Gasteiger partial charge in [-0.1, -0.05) is 31.5 Å². The summed E-state index contributed by atoms with van der Waals surface area (Å²) in [6, 6.07) is 9.56. The van der Waals surface area contributed by atoms with Gasteiger partial charge < -0.3 is 15.0 Å². The van der Waals surface area contributed by atoms with E-state index in [1.54, 1.807) is 17.7 Å². The second kappa shape index (κ2) is 7.27. The molecule has 1 aromatic heterocycles. The second-order valence-electron chi connectivity index (χ2n) is 5.52. The Labute approximate surface area is 125 Å². The zero-order chi connectivity index (χ0) is 15.2. The molecule has 4 heteroatoms. The second-order valence-corrected chi connectivity index (χ2v) is 5.52. The molecule has 2 N–H and O–H groups in total. The van der Waals surface area contributed by atoms with Crippen molar-refractivity contribution in [2.45, 2.75) is 26.2 Å². The van der Waals surface area contributed by atoms with Crippen LogP contribution < -0.4 is 10.9 Å². The van der Waals surface area contributed by atoms with E-state index in [-0.39, 0.29) is 12.2 Å². The molecule has 114 valence electrons. The molecule has 0 aliphatic rings. The Bertz CT molecular complexity index is 643. The third-order valence-corrected chi connectivity index (χ3v) is 3.97. The normalized spacial score (nSPS) is 12.5. The number of aromatic nitrogens is 1. The third kappa shape index (κ3) is 3.64. The molecule has 2 rings (SSSR count). The van der Waals surface area contributed by atoms with Gasteiger partial charge in [0.2, 0.25) is 0 Å². The number of nitrogens with zero attached hydrogens (tertiary/aromatic N) is 1. The van der Waals surface area contributed by atoms with Crippen LogP contribution >= 0.6 is 0 Å². The molecule has 1 atom stereocenters. The van der Waals surface area contributed by atoms with Crippen LogP contribution in [0.3, 0.4) is 0 Å². The van der Waals surface area contributed by atoms with E-state index in [1.165, 1.54) is 0 Å². The first-order valence-electron chi connectivity index (χ1n) is 7.60. The van der Waals surface area contributed by atoms with Crippen LogP contribution in [0, 0.1) is 5.92 Å². The van der Waals surface area contributed by atoms with Gasteiger partial charge in [0.25, 0.3) is 5.56 Å². The Morgan fingerprint density at radius 3 is 2.76 bits per heavy atom. The lowest BCUT2D eigenvalue weighted by Crippen LogP contribution is -2.20. The maximum Gasteiger partial charge on any atom is 0.252 e. The Morgan fingerprint density at radius 1 is 1.29 bits per heavy atom. The minimum Gasteiger partial charge on any atom is -0.396 e. The lowest BCUT2D eigenvalue weighted by Gasteiger charge is -2.18. The highest BCUT2D eigenvalue weighted by atomic mass is 16.3. The van der Waals surface area contributed by atoms with Gasteiger partial charge in [-0.25, -0.2) is 0 Å².